The Hall–Kier alpha value is -3.20. The zero-order chi connectivity index (χ0) is 18.4. The lowest BCUT2D eigenvalue weighted by Crippen LogP contribution is -2.36. The van der Waals surface area contributed by atoms with Crippen LogP contribution in [0.4, 0.5) is 5.69 Å². The molecule has 2 amide bonds. The van der Waals surface area contributed by atoms with Crippen LogP contribution in [-0.2, 0) is 0 Å². The summed E-state index contributed by atoms with van der Waals surface area (Å²) in [5.41, 5.74) is 1.32. The van der Waals surface area contributed by atoms with Gasteiger partial charge in [-0.3, -0.25) is 14.6 Å². The number of para-hydroxylation sites is 1. The van der Waals surface area contributed by atoms with Crippen molar-refractivity contribution in [2.75, 3.05) is 5.32 Å². The second-order valence-electron chi connectivity index (χ2n) is 6.35. The molecule has 1 heterocycles. The normalized spacial score (nSPS) is 14.3. The molecule has 6 heteroatoms. The Balaban J connectivity index is 1.71. The second kappa shape index (κ2) is 8.26. The van der Waals surface area contributed by atoms with Gasteiger partial charge in [0.2, 0.25) is 0 Å². The van der Waals surface area contributed by atoms with Crippen LogP contribution in [0.5, 0.6) is 0 Å². The molecule has 0 aliphatic heterocycles. The van der Waals surface area contributed by atoms with Crippen LogP contribution < -0.4 is 10.6 Å². The summed E-state index contributed by atoms with van der Waals surface area (Å²) in [7, 11) is 0. The molecular formula is C20H20N4O2. The Labute approximate surface area is 152 Å². The van der Waals surface area contributed by atoms with Crippen molar-refractivity contribution in [2.45, 2.75) is 38.1 Å². The molecule has 0 spiro atoms. The first-order valence-electron chi connectivity index (χ1n) is 8.75. The summed E-state index contributed by atoms with van der Waals surface area (Å²) in [5.74, 6) is -0.647. The number of aromatic nitrogens is 1. The van der Waals surface area contributed by atoms with Gasteiger partial charge in [0.25, 0.3) is 11.8 Å². The fraction of sp³-hybridized carbons (Fsp3) is 0.300. The molecule has 2 aromatic rings. The molecule has 0 radical (unpaired) electrons. The molecular weight excluding hydrogens is 328 g/mol. The number of carbonyl (C=O) groups excluding carboxylic acids is 2. The van der Waals surface area contributed by atoms with Crippen LogP contribution in [0.15, 0.2) is 42.6 Å². The molecule has 132 valence electrons. The first-order valence-corrected chi connectivity index (χ1v) is 8.75. The number of nitrogens with zero attached hydrogens (tertiary/aromatic N) is 2. The summed E-state index contributed by atoms with van der Waals surface area (Å²) in [5, 5.41) is 14.8. The van der Waals surface area contributed by atoms with Gasteiger partial charge in [0.15, 0.2) is 0 Å². The summed E-state index contributed by atoms with van der Waals surface area (Å²) in [6, 6.07) is 12.0. The number of hydrogen-bond donors (Lipinski definition) is 2. The Kier molecular flexibility index (Phi) is 5.59. The van der Waals surface area contributed by atoms with E-state index in [2.05, 4.69) is 15.6 Å². The van der Waals surface area contributed by atoms with Gasteiger partial charge in [-0.2, -0.15) is 5.26 Å². The van der Waals surface area contributed by atoms with Crippen LogP contribution in [0.3, 0.4) is 0 Å². The van der Waals surface area contributed by atoms with Gasteiger partial charge in [0.05, 0.1) is 11.3 Å². The van der Waals surface area contributed by atoms with Crippen molar-refractivity contribution in [3.8, 4) is 6.07 Å². The largest absolute Gasteiger partial charge is 0.349 e. The molecule has 1 aromatic heterocycles. The predicted molar refractivity (Wildman–Crippen MR) is 97.7 cm³/mol. The molecule has 26 heavy (non-hydrogen) atoms. The zero-order valence-corrected chi connectivity index (χ0v) is 14.4. The maximum atomic E-state index is 12.4. The monoisotopic (exact) mass is 348 g/mol. The average molecular weight is 348 g/mol. The fourth-order valence-corrected chi connectivity index (χ4v) is 3.09. The number of pyridine rings is 1. The maximum absolute atomic E-state index is 12.4. The summed E-state index contributed by atoms with van der Waals surface area (Å²) in [6.07, 6.45) is 6.92. The van der Waals surface area contributed by atoms with E-state index in [0.29, 0.717) is 16.8 Å². The van der Waals surface area contributed by atoms with E-state index in [-0.39, 0.29) is 17.6 Å². The smallest absolute Gasteiger partial charge is 0.274 e. The van der Waals surface area contributed by atoms with E-state index in [1.165, 1.54) is 18.7 Å². The number of nitrogens with one attached hydrogen (secondary N) is 2. The van der Waals surface area contributed by atoms with Crippen LogP contribution in [-0.4, -0.2) is 22.8 Å². The van der Waals surface area contributed by atoms with Gasteiger partial charge in [-0.15, -0.1) is 0 Å². The molecule has 0 unspecified atom stereocenters. The van der Waals surface area contributed by atoms with Crippen molar-refractivity contribution in [1.29, 1.82) is 5.26 Å². The van der Waals surface area contributed by atoms with Crippen LogP contribution in [0, 0.1) is 11.3 Å². The molecule has 2 N–H and O–H groups in total. The van der Waals surface area contributed by atoms with Gasteiger partial charge in [0, 0.05) is 17.8 Å². The molecule has 1 saturated carbocycles. The molecule has 0 bridgehead atoms. The summed E-state index contributed by atoms with van der Waals surface area (Å²) in [6.45, 7) is 0. The number of rotatable bonds is 4. The Morgan fingerprint density at radius 1 is 1.08 bits per heavy atom. The van der Waals surface area contributed by atoms with Crippen molar-refractivity contribution in [3.05, 3.63) is 59.4 Å². The van der Waals surface area contributed by atoms with Crippen molar-refractivity contribution in [2.24, 2.45) is 0 Å². The van der Waals surface area contributed by atoms with E-state index in [0.717, 1.165) is 25.7 Å². The average Bonchev–Trinajstić information content (AvgIpc) is 2.69. The number of anilines is 1. The molecule has 0 atom stereocenters. The standard InChI is InChI=1S/C20H20N4O2/c21-13-15-6-4-5-9-17(15)24-20(26)18-12-14(10-11-22-18)19(25)23-16-7-2-1-3-8-16/h4-6,9-12,16H,1-3,7-8H2,(H,23,25)(H,24,26). The van der Waals surface area contributed by atoms with Gasteiger partial charge in [-0.05, 0) is 37.1 Å². The van der Waals surface area contributed by atoms with Crippen molar-refractivity contribution < 1.29 is 9.59 Å². The Morgan fingerprint density at radius 2 is 1.85 bits per heavy atom. The summed E-state index contributed by atoms with van der Waals surface area (Å²) >= 11 is 0. The van der Waals surface area contributed by atoms with Crippen LogP contribution in [0.2, 0.25) is 0 Å². The number of nitriles is 1. The van der Waals surface area contributed by atoms with E-state index in [9.17, 15) is 9.59 Å². The van der Waals surface area contributed by atoms with Gasteiger partial charge in [-0.25, -0.2) is 0 Å². The number of benzene rings is 1. The summed E-state index contributed by atoms with van der Waals surface area (Å²) < 4.78 is 0. The highest BCUT2D eigenvalue weighted by molar-refractivity contribution is 6.05. The minimum Gasteiger partial charge on any atom is -0.349 e. The third-order valence-electron chi connectivity index (χ3n) is 4.49. The Bertz CT molecular complexity index is 851. The van der Waals surface area contributed by atoms with Crippen molar-refractivity contribution in [3.63, 3.8) is 0 Å². The zero-order valence-electron chi connectivity index (χ0n) is 14.4. The molecule has 1 fully saturated rings. The number of hydrogen-bond acceptors (Lipinski definition) is 4. The quantitative estimate of drug-likeness (QED) is 0.886. The Morgan fingerprint density at radius 3 is 2.62 bits per heavy atom. The molecule has 1 aliphatic rings. The van der Waals surface area contributed by atoms with E-state index in [1.54, 1.807) is 30.3 Å². The van der Waals surface area contributed by atoms with Gasteiger partial charge in [-0.1, -0.05) is 31.4 Å². The first kappa shape index (κ1) is 17.6. The lowest BCUT2D eigenvalue weighted by molar-refractivity contribution is 0.0927. The molecule has 1 aromatic carbocycles. The number of carbonyl (C=O) groups is 2. The third-order valence-corrected chi connectivity index (χ3v) is 4.49. The second-order valence-corrected chi connectivity index (χ2v) is 6.35. The fourth-order valence-electron chi connectivity index (χ4n) is 3.09. The van der Waals surface area contributed by atoms with Gasteiger partial charge in [0.1, 0.15) is 11.8 Å². The highest BCUT2D eigenvalue weighted by Crippen LogP contribution is 2.18. The highest BCUT2D eigenvalue weighted by atomic mass is 16.2. The van der Waals surface area contributed by atoms with Crippen LogP contribution >= 0.6 is 0 Å². The van der Waals surface area contributed by atoms with Crippen molar-refractivity contribution >= 4 is 17.5 Å². The van der Waals surface area contributed by atoms with Gasteiger partial charge >= 0.3 is 0 Å². The third kappa shape index (κ3) is 4.25. The van der Waals surface area contributed by atoms with E-state index in [1.807, 2.05) is 6.07 Å². The molecule has 3 rings (SSSR count). The number of amides is 2. The van der Waals surface area contributed by atoms with Crippen molar-refractivity contribution in [1.82, 2.24) is 10.3 Å². The van der Waals surface area contributed by atoms with Crippen LogP contribution in [0.1, 0.15) is 58.5 Å². The highest BCUT2D eigenvalue weighted by Gasteiger charge is 2.18. The minimum absolute atomic E-state index is 0.133. The molecule has 1 aliphatic carbocycles. The molecule has 6 nitrogen and oxygen atoms in total. The van der Waals surface area contributed by atoms with Gasteiger partial charge < -0.3 is 10.6 Å². The lowest BCUT2D eigenvalue weighted by Gasteiger charge is -2.22. The van der Waals surface area contributed by atoms with E-state index in [4.69, 9.17) is 5.26 Å². The van der Waals surface area contributed by atoms with E-state index >= 15 is 0 Å². The molecule has 0 saturated heterocycles. The van der Waals surface area contributed by atoms with E-state index < -0.39 is 5.91 Å². The topological polar surface area (TPSA) is 94.9 Å². The first-order chi connectivity index (χ1) is 12.7. The SMILES string of the molecule is N#Cc1ccccc1NC(=O)c1cc(C(=O)NC2CCCCC2)ccn1. The lowest BCUT2D eigenvalue weighted by atomic mass is 9.95. The minimum atomic E-state index is -0.458. The summed E-state index contributed by atoms with van der Waals surface area (Å²) in [4.78, 5) is 28.9. The maximum Gasteiger partial charge on any atom is 0.274 e. The van der Waals surface area contributed by atoms with Crippen LogP contribution in [0.25, 0.3) is 0 Å². The predicted octanol–water partition coefficient (Wildman–Crippen LogP) is 3.27.